The number of hydrogen-bond acceptors (Lipinski definition) is 2. The fourth-order valence-electron chi connectivity index (χ4n) is 0.880. The highest BCUT2D eigenvalue weighted by Crippen LogP contribution is 1.99. The molecule has 0 radical (unpaired) electrons. The Bertz CT molecular complexity index is 251. The van der Waals surface area contributed by atoms with Crippen LogP contribution in [0.4, 0.5) is 0 Å². The van der Waals surface area contributed by atoms with Gasteiger partial charge in [0.05, 0.1) is 13.2 Å². The minimum Gasteiger partial charge on any atom is -0.394 e. The Hall–Kier alpha value is -1.15. The second kappa shape index (κ2) is 4.67. The first-order chi connectivity index (χ1) is 5.83. The zero-order chi connectivity index (χ0) is 8.81. The number of hydrogen-bond donors (Lipinski definition) is 1. The summed E-state index contributed by atoms with van der Waals surface area (Å²) in [6.07, 6.45) is 1.77. The van der Waals surface area contributed by atoms with E-state index in [-0.39, 0.29) is 6.61 Å². The van der Waals surface area contributed by atoms with Gasteiger partial charge in [0.25, 0.3) is 0 Å². The van der Waals surface area contributed by atoms with Gasteiger partial charge in [0.15, 0.2) is 0 Å². The van der Waals surface area contributed by atoms with E-state index in [2.05, 4.69) is 11.9 Å². The second-order valence-corrected chi connectivity index (χ2v) is 2.67. The Morgan fingerprint density at radius 1 is 1.33 bits per heavy atom. The average molecular weight is 163 g/mol. The number of aliphatic imine (C=N–C) groups is 1. The van der Waals surface area contributed by atoms with E-state index in [0.717, 1.165) is 5.56 Å². The third-order valence-electron chi connectivity index (χ3n) is 1.55. The predicted octanol–water partition coefficient (Wildman–Crippen LogP) is 1.41. The van der Waals surface area contributed by atoms with Crippen LogP contribution in [0.1, 0.15) is 11.1 Å². The fourth-order valence-corrected chi connectivity index (χ4v) is 0.880. The lowest BCUT2D eigenvalue weighted by atomic mass is 10.2. The van der Waals surface area contributed by atoms with Gasteiger partial charge in [0, 0.05) is 6.21 Å². The van der Waals surface area contributed by atoms with Crippen molar-refractivity contribution < 1.29 is 5.11 Å². The number of rotatable bonds is 3. The number of benzene rings is 1. The summed E-state index contributed by atoms with van der Waals surface area (Å²) >= 11 is 0. The van der Waals surface area contributed by atoms with Crippen molar-refractivity contribution in [2.75, 3.05) is 13.2 Å². The molecule has 0 spiro atoms. The lowest BCUT2D eigenvalue weighted by Gasteiger charge is -1.93. The maximum atomic E-state index is 8.47. The standard InChI is InChI=1S/C10H13NO/c1-9-2-4-10(5-3-9)8-11-6-7-12/h2-5,8,12H,6-7H2,1H3. The monoisotopic (exact) mass is 163 g/mol. The smallest absolute Gasteiger partial charge is 0.0626 e. The summed E-state index contributed by atoms with van der Waals surface area (Å²) < 4.78 is 0. The van der Waals surface area contributed by atoms with Crippen LogP contribution >= 0.6 is 0 Å². The van der Waals surface area contributed by atoms with Crippen LogP contribution in [-0.2, 0) is 0 Å². The Morgan fingerprint density at radius 2 is 2.00 bits per heavy atom. The van der Waals surface area contributed by atoms with Crippen molar-refractivity contribution in [1.29, 1.82) is 0 Å². The maximum absolute atomic E-state index is 8.47. The Balaban J connectivity index is 2.58. The largest absolute Gasteiger partial charge is 0.394 e. The van der Waals surface area contributed by atoms with Gasteiger partial charge in [-0.25, -0.2) is 0 Å². The van der Waals surface area contributed by atoms with Crippen LogP contribution in [0.5, 0.6) is 0 Å². The van der Waals surface area contributed by atoms with Crippen molar-refractivity contribution in [3.63, 3.8) is 0 Å². The molecule has 0 amide bonds. The van der Waals surface area contributed by atoms with Gasteiger partial charge >= 0.3 is 0 Å². The quantitative estimate of drug-likeness (QED) is 0.671. The Kier molecular flexibility index (Phi) is 3.48. The number of aliphatic hydroxyl groups excluding tert-OH is 1. The topological polar surface area (TPSA) is 32.6 Å². The molecule has 2 nitrogen and oxygen atoms in total. The molecule has 1 N–H and O–H groups in total. The zero-order valence-electron chi connectivity index (χ0n) is 7.20. The van der Waals surface area contributed by atoms with Gasteiger partial charge < -0.3 is 5.11 Å². The van der Waals surface area contributed by atoms with Gasteiger partial charge in [0.1, 0.15) is 0 Å². The molecule has 1 aromatic carbocycles. The molecule has 0 bridgehead atoms. The maximum Gasteiger partial charge on any atom is 0.0626 e. The van der Waals surface area contributed by atoms with Crippen molar-refractivity contribution in [1.82, 2.24) is 0 Å². The van der Waals surface area contributed by atoms with Crippen LogP contribution in [0.15, 0.2) is 29.3 Å². The fraction of sp³-hybridized carbons (Fsp3) is 0.300. The highest BCUT2D eigenvalue weighted by atomic mass is 16.3. The van der Waals surface area contributed by atoms with E-state index < -0.39 is 0 Å². The average Bonchev–Trinajstić information content (AvgIpc) is 2.09. The molecule has 0 aliphatic rings. The van der Waals surface area contributed by atoms with E-state index >= 15 is 0 Å². The molecule has 2 heteroatoms. The first kappa shape index (κ1) is 8.94. The summed E-state index contributed by atoms with van der Waals surface area (Å²) in [5.74, 6) is 0. The van der Waals surface area contributed by atoms with E-state index in [1.807, 2.05) is 24.3 Å². The van der Waals surface area contributed by atoms with E-state index in [4.69, 9.17) is 5.11 Å². The number of nitrogens with zero attached hydrogens (tertiary/aromatic N) is 1. The zero-order valence-corrected chi connectivity index (χ0v) is 7.20. The van der Waals surface area contributed by atoms with Crippen molar-refractivity contribution >= 4 is 6.21 Å². The number of aryl methyl sites for hydroxylation is 1. The van der Waals surface area contributed by atoms with Crippen LogP contribution in [0.3, 0.4) is 0 Å². The Labute approximate surface area is 72.6 Å². The summed E-state index contributed by atoms with van der Waals surface area (Å²) in [6, 6.07) is 8.10. The molecule has 0 saturated carbocycles. The molecule has 0 aliphatic carbocycles. The third-order valence-corrected chi connectivity index (χ3v) is 1.55. The van der Waals surface area contributed by atoms with Gasteiger partial charge in [-0.1, -0.05) is 29.8 Å². The predicted molar refractivity (Wildman–Crippen MR) is 50.7 cm³/mol. The molecular weight excluding hydrogens is 150 g/mol. The third kappa shape index (κ3) is 2.84. The lowest BCUT2D eigenvalue weighted by Crippen LogP contribution is -1.88. The molecule has 1 aromatic rings. The molecular formula is C10H13NO. The lowest BCUT2D eigenvalue weighted by molar-refractivity contribution is 0.307. The van der Waals surface area contributed by atoms with Crippen LogP contribution in [0, 0.1) is 6.92 Å². The van der Waals surface area contributed by atoms with E-state index in [9.17, 15) is 0 Å². The normalized spacial score (nSPS) is 10.8. The molecule has 0 aliphatic heterocycles. The van der Waals surface area contributed by atoms with Gasteiger partial charge in [-0.2, -0.15) is 0 Å². The van der Waals surface area contributed by atoms with E-state index in [1.165, 1.54) is 5.56 Å². The summed E-state index contributed by atoms with van der Waals surface area (Å²) in [7, 11) is 0. The van der Waals surface area contributed by atoms with Gasteiger partial charge in [0.2, 0.25) is 0 Å². The van der Waals surface area contributed by atoms with Crippen LogP contribution in [0.25, 0.3) is 0 Å². The van der Waals surface area contributed by atoms with Crippen molar-refractivity contribution in [3.8, 4) is 0 Å². The molecule has 12 heavy (non-hydrogen) atoms. The molecule has 0 unspecified atom stereocenters. The first-order valence-corrected chi connectivity index (χ1v) is 4.00. The molecule has 0 aromatic heterocycles. The first-order valence-electron chi connectivity index (χ1n) is 4.00. The SMILES string of the molecule is Cc1ccc(C=NCCO)cc1. The van der Waals surface area contributed by atoms with Gasteiger partial charge in [-0.3, -0.25) is 4.99 Å². The summed E-state index contributed by atoms with van der Waals surface area (Å²) in [4.78, 5) is 4.01. The molecule has 0 atom stereocenters. The summed E-state index contributed by atoms with van der Waals surface area (Å²) in [5, 5.41) is 8.47. The highest BCUT2D eigenvalue weighted by Gasteiger charge is 1.85. The molecule has 1 rings (SSSR count). The Morgan fingerprint density at radius 3 is 2.58 bits per heavy atom. The van der Waals surface area contributed by atoms with Gasteiger partial charge in [-0.15, -0.1) is 0 Å². The molecule has 0 heterocycles. The molecule has 0 saturated heterocycles. The highest BCUT2D eigenvalue weighted by molar-refractivity contribution is 5.79. The van der Waals surface area contributed by atoms with Crippen molar-refractivity contribution in [3.05, 3.63) is 35.4 Å². The summed E-state index contributed by atoms with van der Waals surface area (Å²) in [6.45, 7) is 2.64. The van der Waals surface area contributed by atoms with Crippen LogP contribution in [-0.4, -0.2) is 24.5 Å². The molecule has 64 valence electrons. The van der Waals surface area contributed by atoms with E-state index in [0.29, 0.717) is 6.54 Å². The van der Waals surface area contributed by atoms with Crippen LogP contribution < -0.4 is 0 Å². The van der Waals surface area contributed by atoms with Crippen molar-refractivity contribution in [2.45, 2.75) is 6.92 Å². The second-order valence-electron chi connectivity index (χ2n) is 2.67. The minimum atomic E-state index is 0.113. The number of aliphatic hydroxyl groups is 1. The van der Waals surface area contributed by atoms with E-state index in [1.54, 1.807) is 6.21 Å². The summed E-state index contributed by atoms with van der Waals surface area (Å²) in [5.41, 5.74) is 2.32. The van der Waals surface area contributed by atoms with Crippen molar-refractivity contribution in [2.24, 2.45) is 4.99 Å². The molecule has 0 fully saturated rings. The van der Waals surface area contributed by atoms with Gasteiger partial charge in [-0.05, 0) is 12.5 Å². The van der Waals surface area contributed by atoms with Crippen LogP contribution in [0.2, 0.25) is 0 Å². The minimum absolute atomic E-state index is 0.113.